The van der Waals surface area contributed by atoms with Crippen LogP contribution in [-0.2, 0) is 0 Å². The molecule has 0 aliphatic carbocycles. The Bertz CT molecular complexity index is 896. The summed E-state index contributed by atoms with van der Waals surface area (Å²) in [5.74, 6) is 1.32. The maximum Gasteiger partial charge on any atom is 0.225 e. The summed E-state index contributed by atoms with van der Waals surface area (Å²) < 4.78 is 0. The lowest BCUT2D eigenvalue weighted by molar-refractivity contribution is 0.425. The second-order valence-electron chi connectivity index (χ2n) is 6.64. The van der Waals surface area contributed by atoms with Crippen LogP contribution in [0.15, 0.2) is 54.6 Å². The Kier molecular flexibility index (Phi) is 6.27. The number of anilines is 3. The van der Waals surface area contributed by atoms with Crippen LogP contribution in [0.5, 0.6) is 0 Å². The number of nitrogens with one attached hydrogen (secondary N) is 2. The largest absolute Gasteiger partial charge is 0.353 e. The number of likely N-dealkylation sites (N-methyl/N-ethyl adjacent to an activating group) is 1. The standard InChI is InChI=1S/C21H24ClN5/c1-15-9-10-17(22)13-18(15)24-20-14-19(16-7-5-4-6-8-16)25-21(26-20)23-11-12-27(2)3/h4-10,13-14H,11-12H2,1-3H3,(H2,23,24,25,26). The molecule has 0 bridgehead atoms. The van der Waals surface area contributed by atoms with Crippen LogP contribution >= 0.6 is 11.6 Å². The monoisotopic (exact) mass is 381 g/mol. The first-order valence-corrected chi connectivity index (χ1v) is 9.25. The molecule has 5 nitrogen and oxygen atoms in total. The van der Waals surface area contributed by atoms with Gasteiger partial charge in [-0.25, -0.2) is 4.98 Å². The van der Waals surface area contributed by atoms with E-state index in [0.717, 1.165) is 41.4 Å². The molecule has 0 saturated heterocycles. The van der Waals surface area contributed by atoms with Crippen LogP contribution < -0.4 is 10.6 Å². The van der Waals surface area contributed by atoms with Crippen LogP contribution in [0.3, 0.4) is 0 Å². The smallest absolute Gasteiger partial charge is 0.225 e. The van der Waals surface area contributed by atoms with Gasteiger partial charge in [-0.05, 0) is 38.7 Å². The lowest BCUT2D eigenvalue weighted by Crippen LogP contribution is -2.21. The number of aromatic nitrogens is 2. The molecule has 0 aliphatic rings. The maximum absolute atomic E-state index is 6.15. The van der Waals surface area contributed by atoms with E-state index in [1.165, 1.54) is 0 Å². The minimum atomic E-state index is 0.598. The highest BCUT2D eigenvalue weighted by molar-refractivity contribution is 6.30. The molecule has 27 heavy (non-hydrogen) atoms. The van der Waals surface area contributed by atoms with Crippen molar-refractivity contribution in [3.05, 3.63) is 65.2 Å². The van der Waals surface area contributed by atoms with E-state index in [0.29, 0.717) is 11.0 Å². The van der Waals surface area contributed by atoms with E-state index in [-0.39, 0.29) is 0 Å². The number of hydrogen-bond donors (Lipinski definition) is 2. The summed E-state index contributed by atoms with van der Waals surface area (Å²) in [4.78, 5) is 11.4. The first-order chi connectivity index (χ1) is 13.0. The fourth-order valence-electron chi connectivity index (χ4n) is 2.61. The van der Waals surface area contributed by atoms with Gasteiger partial charge in [-0.2, -0.15) is 4.98 Å². The van der Waals surface area contributed by atoms with Gasteiger partial charge in [0.1, 0.15) is 5.82 Å². The highest BCUT2D eigenvalue weighted by atomic mass is 35.5. The SMILES string of the molecule is Cc1ccc(Cl)cc1Nc1cc(-c2ccccc2)nc(NCCN(C)C)n1. The Balaban J connectivity index is 1.92. The highest BCUT2D eigenvalue weighted by Gasteiger charge is 2.08. The normalized spacial score (nSPS) is 10.9. The minimum Gasteiger partial charge on any atom is -0.353 e. The second-order valence-corrected chi connectivity index (χ2v) is 7.08. The van der Waals surface area contributed by atoms with E-state index >= 15 is 0 Å². The first-order valence-electron chi connectivity index (χ1n) is 8.87. The van der Waals surface area contributed by atoms with Crippen LogP contribution in [0.25, 0.3) is 11.3 Å². The van der Waals surface area contributed by atoms with Crippen molar-refractivity contribution >= 4 is 29.1 Å². The number of hydrogen-bond acceptors (Lipinski definition) is 5. The summed E-state index contributed by atoms with van der Waals surface area (Å²) in [5.41, 5.74) is 3.93. The Labute approximate surface area is 165 Å². The van der Waals surface area contributed by atoms with Gasteiger partial charge in [-0.15, -0.1) is 0 Å². The molecule has 0 amide bonds. The van der Waals surface area contributed by atoms with Crippen molar-refractivity contribution in [1.29, 1.82) is 0 Å². The molecule has 3 rings (SSSR count). The van der Waals surface area contributed by atoms with E-state index in [1.807, 2.05) is 75.6 Å². The van der Waals surface area contributed by atoms with Crippen molar-refractivity contribution in [2.75, 3.05) is 37.8 Å². The van der Waals surface area contributed by atoms with Crippen LogP contribution in [0.2, 0.25) is 5.02 Å². The molecule has 1 heterocycles. The van der Waals surface area contributed by atoms with E-state index in [9.17, 15) is 0 Å². The third-order valence-electron chi connectivity index (χ3n) is 4.10. The van der Waals surface area contributed by atoms with Crippen molar-refractivity contribution in [2.24, 2.45) is 0 Å². The van der Waals surface area contributed by atoms with Gasteiger partial charge in [0.15, 0.2) is 0 Å². The third-order valence-corrected chi connectivity index (χ3v) is 4.34. The molecule has 0 atom stereocenters. The number of halogens is 1. The van der Waals surface area contributed by atoms with Gasteiger partial charge in [-0.1, -0.05) is 48.0 Å². The summed E-state index contributed by atoms with van der Waals surface area (Å²) in [6.07, 6.45) is 0. The molecular weight excluding hydrogens is 358 g/mol. The number of rotatable bonds is 7. The molecule has 1 aromatic heterocycles. The molecule has 0 spiro atoms. The summed E-state index contributed by atoms with van der Waals surface area (Å²) in [7, 11) is 4.08. The quantitative estimate of drug-likeness (QED) is 0.614. The fraction of sp³-hybridized carbons (Fsp3) is 0.238. The molecule has 6 heteroatoms. The number of aryl methyl sites for hydroxylation is 1. The molecule has 2 aromatic carbocycles. The zero-order chi connectivity index (χ0) is 19.2. The average Bonchev–Trinajstić information content (AvgIpc) is 2.65. The molecule has 0 unspecified atom stereocenters. The van der Waals surface area contributed by atoms with Gasteiger partial charge in [0.25, 0.3) is 0 Å². The first kappa shape index (κ1) is 19.1. The molecular formula is C21H24ClN5. The van der Waals surface area contributed by atoms with Gasteiger partial charge in [-0.3, -0.25) is 0 Å². The van der Waals surface area contributed by atoms with Gasteiger partial charge in [0.2, 0.25) is 5.95 Å². The summed E-state index contributed by atoms with van der Waals surface area (Å²) >= 11 is 6.15. The zero-order valence-corrected chi connectivity index (χ0v) is 16.6. The van der Waals surface area contributed by atoms with Crippen LogP contribution in [0.4, 0.5) is 17.5 Å². The van der Waals surface area contributed by atoms with E-state index in [1.54, 1.807) is 0 Å². The molecule has 2 N–H and O–H groups in total. The Morgan fingerprint density at radius 1 is 1.00 bits per heavy atom. The Hall–Kier alpha value is -2.63. The molecule has 0 aliphatic heterocycles. The van der Waals surface area contributed by atoms with E-state index in [2.05, 4.69) is 25.5 Å². The molecule has 0 radical (unpaired) electrons. The van der Waals surface area contributed by atoms with Crippen molar-refractivity contribution < 1.29 is 0 Å². The molecule has 0 saturated carbocycles. The molecule has 140 valence electrons. The van der Waals surface area contributed by atoms with Gasteiger partial charge < -0.3 is 15.5 Å². The van der Waals surface area contributed by atoms with E-state index in [4.69, 9.17) is 11.6 Å². The van der Waals surface area contributed by atoms with Gasteiger partial charge >= 0.3 is 0 Å². The minimum absolute atomic E-state index is 0.598. The lowest BCUT2D eigenvalue weighted by Gasteiger charge is -2.14. The predicted molar refractivity (Wildman–Crippen MR) is 114 cm³/mol. The maximum atomic E-state index is 6.15. The topological polar surface area (TPSA) is 53.1 Å². The zero-order valence-electron chi connectivity index (χ0n) is 15.8. The molecule has 3 aromatic rings. The van der Waals surface area contributed by atoms with Crippen LogP contribution in [0.1, 0.15) is 5.56 Å². The second kappa shape index (κ2) is 8.84. The lowest BCUT2D eigenvalue weighted by atomic mass is 10.1. The van der Waals surface area contributed by atoms with Gasteiger partial charge in [0.05, 0.1) is 5.69 Å². The van der Waals surface area contributed by atoms with Gasteiger partial charge in [0, 0.05) is 35.4 Å². The van der Waals surface area contributed by atoms with E-state index < -0.39 is 0 Å². The van der Waals surface area contributed by atoms with Crippen molar-refractivity contribution in [3.8, 4) is 11.3 Å². The predicted octanol–water partition coefficient (Wildman–Crippen LogP) is 4.82. The number of nitrogens with zero attached hydrogens (tertiary/aromatic N) is 3. The molecule has 0 fully saturated rings. The summed E-state index contributed by atoms with van der Waals surface area (Å²) in [6, 6.07) is 17.8. The Morgan fingerprint density at radius 3 is 2.52 bits per heavy atom. The van der Waals surface area contributed by atoms with Crippen molar-refractivity contribution in [2.45, 2.75) is 6.92 Å². The average molecular weight is 382 g/mol. The summed E-state index contributed by atoms with van der Waals surface area (Å²) in [6.45, 7) is 3.70. The third kappa shape index (κ3) is 5.42. The highest BCUT2D eigenvalue weighted by Crippen LogP contribution is 2.26. The van der Waals surface area contributed by atoms with Crippen molar-refractivity contribution in [3.63, 3.8) is 0 Å². The summed E-state index contributed by atoms with van der Waals surface area (Å²) in [5, 5.41) is 7.37. The Morgan fingerprint density at radius 2 is 1.78 bits per heavy atom. The van der Waals surface area contributed by atoms with Crippen molar-refractivity contribution in [1.82, 2.24) is 14.9 Å². The van der Waals surface area contributed by atoms with Crippen LogP contribution in [0, 0.1) is 6.92 Å². The number of benzene rings is 2. The van der Waals surface area contributed by atoms with Crippen LogP contribution in [-0.4, -0.2) is 42.1 Å². The fourth-order valence-corrected chi connectivity index (χ4v) is 2.78.